The van der Waals surface area contributed by atoms with Crippen LogP contribution in [0.3, 0.4) is 0 Å². The molecule has 3 heterocycles. The Hall–Kier alpha value is -4.18. The molecule has 2 N–H and O–H groups in total. The van der Waals surface area contributed by atoms with E-state index in [0.717, 1.165) is 22.2 Å². The SMILES string of the molecule is Cc1cc(COc2ccc(S(=O)(=O)c3ccoc3C3NC(=O)NC3=O)cc2)c2ccccc2n1. The van der Waals surface area contributed by atoms with Crippen molar-refractivity contribution in [3.63, 3.8) is 0 Å². The molecule has 1 fully saturated rings. The third kappa shape index (κ3) is 3.88. The average molecular weight is 477 g/mol. The highest BCUT2D eigenvalue weighted by Gasteiger charge is 2.38. The van der Waals surface area contributed by atoms with Crippen molar-refractivity contribution >= 4 is 32.7 Å². The second-order valence-electron chi connectivity index (χ2n) is 7.75. The van der Waals surface area contributed by atoms with Crippen LogP contribution in [-0.2, 0) is 21.2 Å². The first-order valence-electron chi connectivity index (χ1n) is 10.3. The normalized spacial score (nSPS) is 15.9. The number of aromatic nitrogens is 1. The van der Waals surface area contributed by atoms with E-state index in [1.54, 1.807) is 12.1 Å². The van der Waals surface area contributed by atoms with E-state index in [4.69, 9.17) is 9.15 Å². The van der Waals surface area contributed by atoms with E-state index in [9.17, 15) is 18.0 Å². The summed E-state index contributed by atoms with van der Waals surface area (Å²) in [5.74, 6) is -0.338. The number of imide groups is 1. The summed E-state index contributed by atoms with van der Waals surface area (Å²) < 4.78 is 37.5. The Balaban J connectivity index is 1.37. The first-order valence-corrected chi connectivity index (χ1v) is 11.8. The minimum atomic E-state index is -4.01. The lowest BCUT2D eigenvalue weighted by Gasteiger charge is -2.11. The van der Waals surface area contributed by atoms with E-state index in [1.807, 2.05) is 37.3 Å². The molecule has 4 aromatic rings. The first-order chi connectivity index (χ1) is 16.3. The van der Waals surface area contributed by atoms with Gasteiger partial charge in [0.15, 0.2) is 11.8 Å². The fourth-order valence-corrected chi connectivity index (χ4v) is 5.27. The summed E-state index contributed by atoms with van der Waals surface area (Å²) in [6.45, 7) is 2.21. The van der Waals surface area contributed by atoms with Crippen LogP contribution in [0.1, 0.15) is 23.1 Å². The number of aryl methyl sites for hydroxylation is 1. The van der Waals surface area contributed by atoms with E-state index < -0.39 is 27.8 Å². The van der Waals surface area contributed by atoms with Crippen LogP contribution in [-0.4, -0.2) is 25.3 Å². The lowest BCUT2D eigenvalue weighted by Crippen LogP contribution is -2.22. The smallest absolute Gasteiger partial charge is 0.322 e. The van der Waals surface area contributed by atoms with E-state index >= 15 is 0 Å². The van der Waals surface area contributed by atoms with Gasteiger partial charge in [-0.2, -0.15) is 0 Å². The maximum Gasteiger partial charge on any atom is 0.322 e. The van der Waals surface area contributed by atoms with Gasteiger partial charge in [-0.3, -0.25) is 15.1 Å². The molecule has 0 aliphatic carbocycles. The Morgan fingerprint density at radius 3 is 2.56 bits per heavy atom. The number of hydrogen-bond donors (Lipinski definition) is 2. The number of hydrogen-bond acceptors (Lipinski definition) is 7. The van der Waals surface area contributed by atoms with Crippen molar-refractivity contribution in [3.8, 4) is 5.75 Å². The van der Waals surface area contributed by atoms with E-state index in [0.29, 0.717) is 12.4 Å². The molecule has 1 aliphatic heterocycles. The van der Waals surface area contributed by atoms with Gasteiger partial charge in [-0.25, -0.2) is 13.2 Å². The molecule has 3 amide bonds. The topological polar surface area (TPSA) is 128 Å². The Kier molecular flexibility index (Phi) is 5.29. The van der Waals surface area contributed by atoms with Gasteiger partial charge in [0.05, 0.1) is 16.7 Å². The summed E-state index contributed by atoms with van der Waals surface area (Å²) in [6.07, 6.45) is 1.17. The maximum atomic E-state index is 13.2. The molecular weight excluding hydrogens is 458 g/mol. The van der Waals surface area contributed by atoms with Gasteiger partial charge in [-0.1, -0.05) is 18.2 Å². The Labute approximate surface area is 194 Å². The highest BCUT2D eigenvalue weighted by molar-refractivity contribution is 7.91. The van der Waals surface area contributed by atoms with Crippen LogP contribution in [0.2, 0.25) is 0 Å². The molecule has 2 aromatic heterocycles. The number of urea groups is 1. The molecule has 10 heteroatoms. The summed E-state index contributed by atoms with van der Waals surface area (Å²) in [5, 5.41) is 5.39. The van der Waals surface area contributed by atoms with Gasteiger partial charge in [-0.15, -0.1) is 0 Å². The standard InChI is InChI=1S/C24H19N3O6S/c1-14-12-15(18-4-2-3-5-19(18)25-14)13-33-16-6-8-17(9-7-16)34(30,31)20-10-11-32-22(20)21-23(28)27-24(29)26-21/h2-12,21H,13H2,1H3,(H2,26,27,28,29). The molecule has 1 atom stereocenters. The fourth-order valence-electron chi connectivity index (χ4n) is 3.86. The number of furan rings is 1. The highest BCUT2D eigenvalue weighted by Crippen LogP contribution is 2.31. The number of nitrogens with one attached hydrogen (secondary N) is 2. The molecule has 2 aromatic carbocycles. The van der Waals surface area contributed by atoms with Crippen LogP contribution >= 0.6 is 0 Å². The minimum absolute atomic E-state index is 0.00237. The van der Waals surface area contributed by atoms with Crippen LogP contribution < -0.4 is 15.4 Å². The molecule has 1 aliphatic rings. The van der Waals surface area contributed by atoms with Gasteiger partial charge in [0.25, 0.3) is 5.91 Å². The number of carbonyl (C=O) groups is 2. The molecule has 34 heavy (non-hydrogen) atoms. The van der Waals surface area contributed by atoms with Crippen molar-refractivity contribution in [1.29, 1.82) is 0 Å². The second kappa shape index (κ2) is 8.31. The molecule has 1 saturated heterocycles. The maximum absolute atomic E-state index is 13.2. The zero-order chi connectivity index (χ0) is 23.9. The predicted octanol–water partition coefficient (Wildman–Crippen LogP) is 3.43. The summed E-state index contributed by atoms with van der Waals surface area (Å²) in [7, 11) is -4.01. The van der Waals surface area contributed by atoms with Crippen molar-refractivity contribution < 1.29 is 27.2 Å². The lowest BCUT2D eigenvalue weighted by atomic mass is 10.1. The largest absolute Gasteiger partial charge is 0.489 e. The predicted molar refractivity (Wildman–Crippen MR) is 121 cm³/mol. The number of rotatable bonds is 6. The molecule has 0 spiro atoms. The number of pyridine rings is 1. The summed E-state index contributed by atoms with van der Waals surface area (Å²) in [6, 6.07) is 15.0. The highest BCUT2D eigenvalue weighted by atomic mass is 32.2. The Morgan fingerprint density at radius 2 is 1.82 bits per heavy atom. The Morgan fingerprint density at radius 1 is 1.06 bits per heavy atom. The van der Waals surface area contributed by atoms with Crippen molar-refractivity contribution in [2.75, 3.05) is 0 Å². The number of carbonyl (C=O) groups excluding carboxylic acids is 2. The van der Waals surface area contributed by atoms with Crippen molar-refractivity contribution in [3.05, 3.63) is 83.9 Å². The quantitative estimate of drug-likeness (QED) is 0.407. The summed E-state index contributed by atoms with van der Waals surface area (Å²) >= 11 is 0. The summed E-state index contributed by atoms with van der Waals surface area (Å²) in [5.41, 5.74) is 2.73. The van der Waals surface area contributed by atoms with Gasteiger partial charge in [0.1, 0.15) is 17.3 Å². The third-order valence-corrected chi connectivity index (χ3v) is 7.25. The van der Waals surface area contributed by atoms with Crippen molar-refractivity contribution in [1.82, 2.24) is 15.6 Å². The van der Waals surface area contributed by atoms with Crippen LogP contribution in [0.25, 0.3) is 10.9 Å². The minimum Gasteiger partial charge on any atom is -0.489 e. The van der Waals surface area contributed by atoms with Crippen LogP contribution in [0, 0.1) is 6.92 Å². The average Bonchev–Trinajstić information content (AvgIpc) is 3.44. The molecule has 172 valence electrons. The molecule has 0 saturated carbocycles. The number of para-hydroxylation sites is 1. The second-order valence-corrected chi connectivity index (χ2v) is 9.67. The molecule has 5 rings (SSSR count). The number of ether oxygens (including phenoxy) is 1. The molecular formula is C24H19N3O6S. The molecule has 9 nitrogen and oxygen atoms in total. The number of fused-ring (bicyclic) bond motifs is 1. The molecule has 0 bridgehead atoms. The first kappa shape index (κ1) is 21.7. The van der Waals surface area contributed by atoms with Gasteiger partial charge in [-0.05, 0) is 49.4 Å². The van der Waals surface area contributed by atoms with Gasteiger partial charge >= 0.3 is 6.03 Å². The summed E-state index contributed by atoms with van der Waals surface area (Å²) in [4.78, 5) is 27.7. The van der Waals surface area contributed by atoms with Crippen LogP contribution in [0.15, 0.2) is 81.1 Å². The Bertz CT molecular complexity index is 1530. The zero-order valence-corrected chi connectivity index (χ0v) is 18.8. The number of nitrogens with zero attached hydrogens (tertiary/aromatic N) is 1. The van der Waals surface area contributed by atoms with E-state index in [2.05, 4.69) is 15.6 Å². The van der Waals surface area contributed by atoms with E-state index in [1.165, 1.54) is 24.5 Å². The number of benzene rings is 2. The van der Waals surface area contributed by atoms with Crippen molar-refractivity contribution in [2.45, 2.75) is 29.4 Å². The van der Waals surface area contributed by atoms with E-state index in [-0.39, 0.29) is 15.6 Å². The monoisotopic (exact) mass is 477 g/mol. The zero-order valence-electron chi connectivity index (χ0n) is 17.9. The fraction of sp³-hybridized carbons (Fsp3) is 0.125. The van der Waals surface area contributed by atoms with Crippen LogP contribution in [0.4, 0.5) is 4.79 Å². The third-order valence-electron chi connectivity index (χ3n) is 5.44. The van der Waals surface area contributed by atoms with Gasteiger partial charge in [0, 0.05) is 16.6 Å². The van der Waals surface area contributed by atoms with Crippen molar-refractivity contribution in [2.24, 2.45) is 0 Å². The lowest BCUT2D eigenvalue weighted by molar-refractivity contribution is -0.120. The van der Waals surface area contributed by atoms with Crippen LogP contribution in [0.5, 0.6) is 5.75 Å². The molecule has 1 unspecified atom stereocenters. The van der Waals surface area contributed by atoms with Gasteiger partial charge in [0.2, 0.25) is 9.84 Å². The number of amides is 3. The molecule has 0 radical (unpaired) electrons. The number of sulfone groups is 1. The van der Waals surface area contributed by atoms with Gasteiger partial charge < -0.3 is 14.5 Å².